The van der Waals surface area contributed by atoms with E-state index >= 15 is 0 Å². The van der Waals surface area contributed by atoms with Crippen LogP contribution in [0.3, 0.4) is 0 Å². The maximum Gasteiger partial charge on any atom is 0.220 e. The highest BCUT2D eigenvalue weighted by Gasteiger charge is 2.31. The van der Waals surface area contributed by atoms with Gasteiger partial charge in [0.15, 0.2) is 0 Å². The van der Waals surface area contributed by atoms with Gasteiger partial charge in [0.1, 0.15) is 12.4 Å². The van der Waals surface area contributed by atoms with Gasteiger partial charge in [-0.15, -0.1) is 0 Å². The summed E-state index contributed by atoms with van der Waals surface area (Å²) in [6.45, 7) is 5.84. The van der Waals surface area contributed by atoms with Crippen molar-refractivity contribution in [3.05, 3.63) is 95.3 Å². The minimum atomic E-state index is -0.208. The Morgan fingerprint density at radius 2 is 1.75 bits per heavy atom. The van der Waals surface area contributed by atoms with Crippen LogP contribution in [0.15, 0.2) is 73.1 Å². The number of ether oxygens (including phenoxy) is 1. The summed E-state index contributed by atoms with van der Waals surface area (Å²) in [5.74, 6) is 0.667. The standard InChI is InChI=1S/C30H36N4O2/c31-30(35)24(20-23-8-7-14-32-21-23)9-5-6-15-33-16-18-34(19-17-33)29-26-11-2-1-10-25(26)22-36-28-13-4-3-12-27(28)29/h1-4,7-8,10-14,21,24,29H,5-6,9,15-20,22H2,(H2,31,35). The first-order valence-electron chi connectivity index (χ1n) is 13.1. The minimum absolute atomic E-state index is 0.122. The Morgan fingerprint density at radius 1 is 0.972 bits per heavy atom. The highest BCUT2D eigenvalue weighted by Crippen LogP contribution is 2.39. The van der Waals surface area contributed by atoms with Gasteiger partial charge in [0.05, 0.1) is 6.04 Å². The quantitative estimate of drug-likeness (QED) is 0.461. The summed E-state index contributed by atoms with van der Waals surface area (Å²) in [4.78, 5) is 21.3. The topological polar surface area (TPSA) is 71.7 Å². The maximum absolute atomic E-state index is 12.0. The molecule has 1 aromatic heterocycles. The molecule has 3 heterocycles. The average molecular weight is 485 g/mol. The van der Waals surface area contributed by atoms with Gasteiger partial charge in [-0.3, -0.25) is 14.7 Å². The van der Waals surface area contributed by atoms with Crippen molar-refractivity contribution in [2.45, 2.75) is 38.3 Å². The van der Waals surface area contributed by atoms with Gasteiger partial charge in [-0.05, 0) is 54.6 Å². The predicted octanol–water partition coefficient (Wildman–Crippen LogP) is 4.20. The molecule has 2 atom stereocenters. The molecule has 2 aromatic carbocycles. The van der Waals surface area contributed by atoms with Crippen molar-refractivity contribution in [2.24, 2.45) is 11.7 Å². The van der Waals surface area contributed by atoms with Crippen molar-refractivity contribution in [1.82, 2.24) is 14.8 Å². The van der Waals surface area contributed by atoms with Gasteiger partial charge in [0, 0.05) is 50.1 Å². The predicted molar refractivity (Wildman–Crippen MR) is 142 cm³/mol. The highest BCUT2D eigenvalue weighted by molar-refractivity contribution is 5.76. The largest absolute Gasteiger partial charge is 0.489 e. The molecule has 1 amide bonds. The molecular formula is C30H36N4O2. The minimum Gasteiger partial charge on any atom is -0.489 e. The van der Waals surface area contributed by atoms with E-state index in [1.54, 1.807) is 6.20 Å². The number of hydrogen-bond acceptors (Lipinski definition) is 5. The average Bonchev–Trinajstić information content (AvgIpc) is 3.08. The van der Waals surface area contributed by atoms with Crippen molar-refractivity contribution in [1.29, 1.82) is 0 Å². The summed E-state index contributed by atoms with van der Waals surface area (Å²) in [7, 11) is 0. The van der Waals surface area contributed by atoms with E-state index in [0.717, 1.165) is 63.3 Å². The van der Waals surface area contributed by atoms with Crippen LogP contribution in [0.4, 0.5) is 0 Å². The normalized spacial score (nSPS) is 18.9. The number of rotatable bonds is 9. The Kier molecular flexibility index (Phi) is 7.94. The molecule has 2 unspecified atom stereocenters. The molecule has 36 heavy (non-hydrogen) atoms. The number of benzene rings is 2. The molecule has 3 aromatic rings. The monoisotopic (exact) mass is 484 g/mol. The zero-order chi connectivity index (χ0) is 24.7. The second kappa shape index (κ2) is 11.7. The van der Waals surface area contributed by atoms with Gasteiger partial charge in [-0.25, -0.2) is 0 Å². The summed E-state index contributed by atoms with van der Waals surface area (Å²) in [6, 6.07) is 21.3. The number of amides is 1. The van der Waals surface area contributed by atoms with Gasteiger partial charge < -0.3 is 15.4 Å². The van der Waals surface area contributed by atoms with Crippen LogP contribution in [-0.2, 0) is 17.8 Å². The number of piperazine rings is 1. The Labute approximate surface area is 214 Å². The smallest absolute Gasteiger partial charge is 0.220 e. The number of carbonyl (C=O) groups excluding carboxylic acids is 1. The third-order valence-electron chi connectivity index (χ3n) is 7.60. The third-order valence-corrected chi connectivity index (χ3v) is 7.60. The van der Waals surface area contributed by atoms with E-state index in [1.165, 1.54) is 16.7 Å². The van der Waals surface area contributed by atoms with Crippen molar-refractivity contribution in [3.8, 4) is 5.75 Å². The fourth-order valence-electron chi connectivity index (χ4n) is 5.61. The second-order valence-electron chi connectivity index (χ2n) is 9.97. The lowest BCUT2D eigenvalue weighted by atomic mass is 9.93. The number of aromatic nitrogens is 1. The van der Waals surface area contributed by atoms with Crippen LogP contribution in [0, 0.1) is 5.92 Å². The van der Waals surface area contributed by atoms with E-state index in [-0.39, 0.29) is 17.9 Å². The van der Waals surface area contributed by atoms with Gasteiger partial charge in [-0.1, -0.05) is 55.0 Å². The van der Waals surface area contributed by atoms with Crippen LogP contribution in [0.2, 0.25) is 0 Å². The molecule has 6 nitrogen and oxygen atoms in total. The Bertz CT molecular complexity index is 1100. The molecule has 1 fully saturated rings. The highest BCUT2D eigenvalue weighted by atomic mass is 16.5. The Morgan fingerprint density at radius 3 is 2.53 bits per heavy atom. The lowest BCUT2D eigenvalue weighted by Gasteiger charge is -2.40. The molecule has 1 saturated heterocycles. The molecule has 2 N–H and O–H groups in total. The van der Waals surface area contributed by atoms with Crippen molar-refractivity contribution in [3.63, 3.8) is 0 Å². The first-order chi connectivity index (χ1) is 17.7. The number of carbonyl (C=O) groups is 1. The molecule has 0 aliphatic carbocycles. The van der Waals surface area contributed by atoms with Gasteiger partial charge in [-0.2, -0.15) is 0 Å². The van der Waals surface area contributed by atoms with Crippen LogP contribution in [0.5, 0.6) is 5.75 Å². The molecule has 2 aliphatic heterocycles. The van der Waals surface area contributed by atoms with Crippen LogP contribution in [-0.4, -0.2) is 53.4 Å². The molecule has 0 radical (unpaired) electrons. The lowest BCUT2D eigenvalue weighted by molar-refractivity contribution is -0.122. The summed E-state index contributed by atoms with van der Waals surface area (Å²) in [5.41, 5.74) is 10.7. The van der Waals surface area contributed by atoms with E-state index in [1.807, 2.05) is 18.3 Å². The molecule has 2 aliphatic rings. The lowest BCUT2D eigenvalue weighted by Crippen LogP contribution is -2.48. The van der Waals surface area contributed by atoms with Gasteiger partial charge in [0.25, 0.3) is 0 Å². The fraction of sp³-hybridized carbons (Fsp3) is 0.400. The maximum atomic E-state index is 12.0. The second-order valence-corrected chi connectivity index (χ2v) is 9.97. The number of para-hydroxylation sites is 1. The van der Waals surface area contributed by atoms with Crippen molar-refractivity contribution in [2.75, 3.05) is 32.7 Å². The summed E-state index contributed by atoms with van der Waals surface area (Å²) < 4.78 is 6.18. The first kappa shape index (κ1) is 24.5. The van der Waals surface area contributed by atoms with E-state index in [0.29, 0.717) is 13.0 Å². The number of primary amides is 1. The SMILES string of the molecule is NC(=O)C(CCCCN1CCN(C2c3ccccc3COc3ccccc32)CC1)Cc1cccnc1. The van der Waals surface area contributed by atoms with Gasteiger partial charge >= 0.3 is 0 Å². The van der Waals surface area contributed by atoms with Gasteiger partial charge in [0.2, 0.25) is 5.91 Å². The number of nitrogens with zero attached hydrogens (tertiary/aromatic N) is 3. The molecular weight excluding hydrogens is 448 g/mol. The van der Waals surface area contributed by atoms with Crippen LogP contribution >= 0.6 is 0 Å². The fourth-order valence-corrected chi connectivity index (χ4v) is 5.61. The van der Waals surface area contributed by atoms with E-state index < -0.39 is 0 Å². The number of unbranched alkanes of at least 4 members (excludes halogenated alkanes) is 1. The molecule has 5 rings (SSSR count). The summed E-state index contributed by atoms with van der Waals surface area (Å²) >= 11 is 0. The van der Waals surface area contributed by atoms with Crippen molar-refractivity contribution < 1.29 is 9.53 Å². The molecule has 0 bridgehead atoms. The number of fused-ring (bicyclic) bond motifs is 2. The first-order valence-corrected chi connectivity index (χ1v) is 13.1. The summed E-state index contributed by atoms with van der Waals surface area (Å²) in [5, 5.41) is 0. The zero-order valence-electron chi connectivity index (χ0n) is 20.9. The van der Waals surface area contributed by atoms with Crippen LogP contribution < -0.4 is 10.5 Å². The van der Waals surface area contributed by atoms with Crippen LogP contribution in [0.25, 0.3) is 0 Å². The number of nitrogens with two attached hydrogens (primary N) is 1. The van der Waals surface area contributed by atoms with Crippen molar-refractivity contribution >= 4 is 5.91 Å². The molecule has 0 spiro atoms. The number of pyridine rings is 1. The molecule has 188 valence electrons. The molecule has 0 saturated carbocycles. The van der Waals surface area contributed by atoms with E-state index in [2.05, 4.69) is 63.3 Å². The Hall–Kier alpha value is -3.22. The third kappa shape index (κ3) is 5.77. The molecule has 6 heteroatoms. The Balaban J connectivity index is 1.14. The van der Waals surface area contributed by atoms with Crippen LogP contribution in [0.1, 0.15) is 47.6 Å². The number of hydrogen-bond donors (Lipinski definition) is 1. The van der Waals surface area contributed by atoms with E-state index in [4.69, 9.17) is 10.5 Å². The zero-order valence-corrected chi connectivity index (χ0v) is 20.9. The summed E-state index contributed by atoms with van der Waals surface area (Å²) in [6.07, 6.45) is 7.18. The van der Waals surface area contributed by atoms with E-state index in [9.17, 15) is 4.79 Å².